The number of nitrogens with one attached hydrogen (secondary N) is 1. The van der Waals surface area contributed by atoms with Crippen molar-refractivity contribution in [2.75, 3.05) is 5.32 Å². The zero-order valence-electron chi connectivity index (χ0n) is 8.04. The maximum absolute atomic E-state index is 5.87. The normalized spacial score (nSPS) is 15.4. The van der Waals surface area contributed by atoms with Crippen LogP contribution >= 0.6 is 22.9 Å². The highest BCUT2D eigenvalue weighted by molar-refractivity contribution is 7.15. The van der Waals surface area contributed by atoms with Crippen molar-refractivity contribution < 1.29 is 0 Å². The molecule has 0 amide bonds. The molecule has 74 valence electrons. The van der Waals surface area contributed by atoms with Crippen LogP contribution < -0.4 is 5.32 Å². The first kappa shape index (κ1) is 10.7. The minimum atomic E-state index is 0.191. The number of hydrogen-bond donors (Lipinski definition) is 1. The van der Waals surface area contributed by atoms with Crippen LogP contribution in [-0.2, 0) is 0 Å². The van der Waals surface area contributed by atoms with Crippen molar-refractivity contribution in [2.45, 2.75) is 38.6 Å². The minimum absolute atomic E-state index is 0.191. The number of anilines is 1. The van der Waals surface area contributed by atoms with E-state index in [0.29, 0.717) is 6.04 Å². The average molecular weight is 220 g/mol. The molecule has 0 aliphatic carbocycles. The second-order valence-electron chi connectivity index (χ2n) is 3.19. The standard InChI is InChI=1S/C8H14ClN3S/c1-5(9)4-6(2)10-8-12-11-7(3)13-8/h5-6H,4H2,1-3H3,(H,10,12). The van der Waals surface area contributed by atoms with Gasteiger partial charge in [-0.3, -0.25) is 0 Å². The van der Waals surface area contributed by atoms with E-state index in [-0.39, 0.29) is 5.38 Å². The van der Waals surface area contributed by atoms with E-state index in [1.54, 1.807) is 11.3 Å². The third-order valence-corrected chi connectivity index (χ3v) is 2.52. The molecule has 2 unspecified atom stereocenters. The van der Waals surface area contributed by atoms with Crippen molar-refractivity contribution in [2.24, 2.45) is 0 Å². The first-order valence-electron chi connectivity index (χ1n) is 4.28. The van der Waals surface area contributed by atoms with Crippen molar-refractivity contribution in [1.29, 1.82) is 0 Å². The Bertz CT molecular complexity index is 262. The number of aryl methyl sites for hydroxylation is 1. The molecule has 1 N–H and O–H groups in total. The molecule has 0 bridgehead atoms. The lowest BCUT2D eigenvalue weighted by molar-refractivity contribution is 0.694. The van der Waals surface area contributed by atoms with Crippen molar-refractivity contribution in [1.82, 2.24) is 10.2 Å². The predicted molar refractivity (Wildman–Crippen MR) is 57.7 cm³/mol. The molecular weight excluding hydrogens is 206 g/mol. The Morgan fingerprint density at radius 3 is 2.62 bits per heavy atom. The van der Waals surface area contributed by atoms with Gasteiger partial charge in [0.25, 0.3) is 0 Å². The van der Waals surface area contributed by atoms with Crippen LogP contribution in [0.2, 0.25) is 0 Å². The first-order valence-corrected chi connectivity index (χ1v) is 5.54. The van der Waals surface area contributed by atoms with Crippen LogP contribution in [0.15, 0.2) is 0 Å². The van der Waals surface area contributed by atoms with Gasteiger partial charge in [0.1, 0.15) is 5.01 Å². The van der Waals surface area contributed by atoms with Gasteiger partial charge in [-0.25, -0.2) is 0 Å². The Labute approximate surface area is 87.5 Å². The molecule has 0 fully saturated rings. The molecule has 0 aliphatic heterocycles. The van der Waals surface area contributed by atoms with E-state index < -0.39 is 0 Å². The molecule has 0 radical (unpaired) electrons. The Morgan fingerprint density at radius 1 is 1.46 bits per heavy atom. The SMILES string of the molecule is Cc1nnc(NC(C)CC(C)Cl)s1. The highest BCUT2D eigenvalue weighted by Gasteiger charge is 2.08. The number of halogens is 1. The second kappa shape index (κ2) is 4.77. The highest BCUT2D eigenvalue weighted by atomic mass is 35.5. The van der Waals surface area contributed by atoms with E-state index in [1.807, 2.05) is 13.8 Å². The molecule has 0 saturated heterocycles. The molecule has 1 heterocycles. The Hall–Kier alpha value is -0.350. The summed E-state index contributed by atoms with van der Waals surface area (Å²) >= 11 is 7.44. The second-order valence-corrected chi connectivity index (χ2v) is 5.11. The van der Waals surface area contributed by atoms with Gasteiger partial charge in [0.15, 0.2) is 0 Å². The zero-order chi connectivity index (χ0) is 9.84. The molecule has 0 saturated carbocycles. The number of hydrogen-bond acceptors (Lipinski definition) is 4. The van der Waals surface area contributed by atoms with Gasteiger partial charge in [0.05, 0.1) is 0 Å². The predicted octanol–water partition coefficient (Wildman–Crippen LogP) is 2.66. The third-order valence-electron chi connectivity index (χ3n) is 1.57. The molecule has 3 nitrogen and oxygen atoms in total. The Kier molecular flexibility index (Phi) is 3.93. The highest BCUT2D eigenvalue weighted by Crippen LogP contribution is 2.16. The third kappa shape index (κ3) is 3.91. The van der Waals surface area contributed by atoms with Crippen molar-refractivity contribution in [3.8, 4) is 0 Å². The molecule has 0 aromatic carbocycles. The van der Waals surface area contributed by atoms with Crippen LogP contribution in [-0.4, -0.2) is 21.6 Å². The number of nitrogens with zero attached hydrogens (tertiary/aromatic N) is 2. The largest absolute Gasteiger partial charge is 0.358 e. The van der Waals surface area contributed by atoms with Gasteiger partial charge in [-0.2, -0.15) is 0 Å². The lowest BCUT2D eigenvalue weighted by Gasteiger charge is -2.13. The summed E-state index contributed by atoms with van der Waals surface area (Å²) in [4.78, 5) is 0. The molecule has 5 heteroatoms. The fraction of sp³-hybridized carbons (Fsp3) is 0.750. The van der Waals surface area contributed by atoms with E-state index in [0.717, 1.165) is 16.6 Å². The monoisotopic (exact) mass is 219 g/mol. The van der Waals surface area contributed by atoms with Crippen LogP contribution in [0.1, 0.15) is 25.3 Å². The minimum Gasteiger partial charge on any atom is -0.358 e. The first-order chi connectivity index (χ1) is 6.08. The van der Waals surface area contributed by atoms with Gasteiger partial charge in [-0.15, -0.1) is 21.8 Å². The van der Waals surface area contributed by atoms with Gasteiger partial charge in [0, 0.05) is 11.4 Å². The quantitative estimate of drug-likeness (QED) is 0.792. The van der Waals surface area contributed by atoms with Crippen LogP contribution in [0, 0.1) is 6.92 Å². The topological polar surface area (TPSA) is 37.8 Å². The van der Waals surface area contributed by atoms with Crippen LogP contribution in [0.25, 0.3) is 0 Å². The van der Waals surface area contributed by atoms with Crippen LogP contribution in [0.5, 0.6) is 0 Å². The molecule has 0 aliphatic rings. The molecule has 13 heavy (non-hydrogen) atoms. The van der Waals surface area contributed by atoms with E-state index in [2.05, 4.69) is 22.4 Å². The van der Waals surface area contributed by atoms with E-state index in [1.165, 1.54) is 0 Å². The van der Waals surface area contributed by atoms with Gasteiger partial charge in [-0.05, 0) is 27.2 Å². The summed E-state index contributed by atoms with van der Waals surface area (Å²) in [5.74, 6) is 0. The fourth-order valence-electron chi connectivity index (χ4n) is 1.11. The summed E-state index contributed by atoms with van der Waals surface area (Å²) in [5, 5.41) is 13.2. The van der Waals surface area contributed by atoms with Gasteiger partial charge in [-0.1, -0.05) is 11.3 Å². The van der Waals surface area contributed by atoms with Gasteiger partial charge < -0.3 is 5.32 Å². The maximum Gasteiger partial charge on any atom is 0.205 e. The molecule has 1 rings (SSSR count). The molecule has 1 aromatic heterocycles. The van der Waals surface area contributed by atoms with Crippen molar-refractivity contribution >= 4 is 28.1 Å². The summed E-state index contributed by atoms with van der Waals surface area (Å²) in [7, 11) is 0. The number of rotatable bonds is 4. The summed E-state index contributed by atoms with van der Waals surface area (Å²) in [5.41, 5.74) is 0. The van der Waals surface area contributed by atoms with Gasteiger partial charge >= 0.3 is 0 Å². The zero-order valence-corrected chi connectivity index (χ0v) is 9.61. The van der Waals surface area contributed by atoms with E-state index in [4.69, 9.17) is 11.6 Å². The lowest BCUT2D eigenvalue weighted by Crippen LogP contribution is -2.18. The summed E-state index contributed by atoms with van der Waals surface area (Å²) in [6.45, 7) is 6.03. The summed E-state index contributed by atoms with van der Waals surface area (Å²) in [6.07, 6.45) is 0.931. The Balaban J connectivity index is 2.40. The van der Waals surface area contributed by atoms with Gasteiger partial charge in [0.2, 0.25) is 5.13 Å². The number of aromatic nitrogens is 2. The van der Waals surface area contributed by atoms with E-state index >= 15 is 0 Å². The molecule has 2 atom stereocenters. The summed E-state index contributed by atoms with van der Waals surface area (Å²) in [6, 6.07) is 0.347. The average Bonchev–Trinajstić information content (AvgIpc) is 2.33. The van der Waals surface area contributed by atoms with Crippen LogP contribution in [0.3, 0.4) is 0 Å². The van der Waals surface area contributed by atoms with E-state index in [9.17, 15) is 0 Å². The Morgan fingerprint density at radius 2 is 2.15 bits per heavy atom. The smallest absolute Gasteiger partial charge is 0.205 e. The molecule has 1 aromatic rings. The van der Waals surface area contributed by atoms with Crippen molar-refractivity contribution in [3.05, 3.63) is 5.01 Å². The maximum atomic E-state index is 5.87. The molecule has 0 spiro atoms. The van der Waals surface area contributed by atoms with Crippen molar-refractivity contribution in [3.63, 3.8) is 0 Å². The molecular formula is C8H14ClN3S. The summed E-state index contributed by atoms with van der Waals surface area (Å²) < 4.78 is 0. The number of alkyl halides is 1. The van der Waals surface area contributed by atoms with Crippen LogP contribution in [0.4, 0.5) is 5.13 Å². The fourth-order valence-corrected chi connectivity index (χ4v) is 2.08. The lowest BCUT2D eigenvalue weighted by atomic mass is 10.2.